The molecule has 2 aromatic heterocycles. The minimum Gasteiger partial charge on any atom is -0.482 e. The number of aromatic nitrogens is 2. The molecule has 1 unspecified atom stereocenters. The van der Waals surface area contributed by atoms with E-state index in [-0.39, 0.29) is 29.2 Å². The largest absolute Gasteiger partial charge is 0.482 e. The zero-order chi connectivity index (χ0) is 30.3. The van der Waals surface area contributed by atoms with Gasteiger partial charge in [-0.25, -0.2) is 9.37 Å². The molecular formula is C30H26Cl2F4N4O3. The van der Waals surface area contributed by atoms with E-state index in [0.29, 0.717) is 41.9 Å². The van der Waals surface area contributed by atoms with Gasteiger partial charge in [-0.2, -0.15) is 13.2 Å². The number of imidazole rings is 1. The lowest BCUT2D eigenvalue weighted by Crippen LogP contribution is -2.43. The summed E-state index contributed by atoms with van der Waals surface area (Å²) in [4.78, 5) is 21.8. The van der Waals surface area contributed by atoms with Gasteiger partial charge in [0.15, 0.2) is 6.61 Å². The first kappa shape index (κ1) is 29.7. The van der Waals surface area contributed by atoms with Crippen LogP contribution >= 0.6 is 23.2 Å². The first-order valence-corrected chi connectivity index (χ1v) is 14.4. The summed E-state index contributed by atoms with van der Waals surface area (Å²) in [5.41, 5.74) is 1.19. The average molecular weight is 637 g/mol. The van der Waals surface area contributed by atoms with E-state index in [9.17, 15) is 18.0 Å². The fraction of sp³-hybridized carbons (Fsp3) is 0.333. The number of ether oxygens (including phenoxy) is 2. The van der Waals surface area contributed by atoms with Crippen LogP contribution in [0.3, 0.4) is 0 Å². The molecule has 0 N–H and O–H groups in total. The number of benzene rings is 2. The van der Waals surface area contributed by atoms with Crippen LogP contribution in [0.5, 0.6) is 5.75 Å². The van der Waals surface area contributed by atoms with E-state index in [1.54, 1.807) is 12.1 Å². The topological polar surface area (TPSA) is 59.3 Å². The molecule has 1 atom stereocenters. The summed E-state index contributed by atoms with van der Waals surface area (Å²) >= 11 is 12.5. The van der Waals surface area contributed by atoms with Gasteiger partial charge < -0.3 is 18.8 Å². The molecule has 226 valence electrons. The normalized spacial score (nSPS) is 17.7. The fourth-order valence-corrected chi connectivity index (χ4v) is 5.99. The van der Waals surface area contributed by atoms with E-state index < -0.39 is 36.1 Å². The number of halogens is 6. The van der Waals surface area contributed by atoms with Crippen LogP contribution in [0.2, 0.25) is 10.0 Å². The number of hydrogen-bond donors (Lipinski definition) is 0. The van der Waals surface area contributed by atoms with Crippen molar-refractivity contribution in [3.8, 4) is 5.75 Å². The lowest BCUT2D eigenvalue weighted by Gasteiger charge is -2.36. The van der Waals surface area contributed by atoms with Gasteiger partial charge in [-0.3, -0.25) is 9.69 Å². The van der Waals surface area contributed by atoms with Crippen LogP contribution in [0.15, 0.2) is 54.7 Å². The second-order valence-electron chi connectivity index (χ2n) is 10.4. The van der Waals surface area contributed by atoms with Gasteiger partial charge in [0.2, 0.25) is 0 Å². The van der Waals surface area contributed by atoms with Gasteiger partial charge in [0.05, 0.1) is 35.2 Å². The van der Waals surface area contributed by atoms with Crippen molar-refractivity contribution in [2.75, 3.05) is 39.5 Å². The summed E-state index contributed by atoms with van der Waals surface area (Å²) in [5.74, 6) is -0.799. The van der Waals surface area contributed by atoms with Gasteiger partial charge in [-0.1, -0.05) is 35.3 Å². The molecule has 7 nitrogen and oxygen atoms in total. The first-order chi connectivity index (χ1) is 20.6. The molecule has 0 spiro atoms. The zero-order valence-electron chi connectivity index (χ0n) is 22.7. The Labute approximate surface area is 254 Å². The molecular weight excluding hydrogens is 611 g/mol. The third kappa shape index (κ3) is 6.17. The molecule has 4 heterocycles. The smallest absolute Gasteiger partial charge is 0.416 e. The Morgan fingerprint density at radius 3 is 2.56 bits per heavy atom. The molecule has 43 heavy (non-hydrogen) atoms. The summed E-state index contributed by atoms with van der Waals surface area (Å²) < 4.78 is 68.2. The Kier molecular flexibility index (Phi) is 8.25. The highest BCUT2D eigenvalue weighted by atomic mass is 35.5. The van der Waals surface area contributed by atoms with Gasteiger partial charge in [-0.15, -0.1) is 0 Å². The maximum absolute atomic E-state index is 15.3. The molecule has 1 amide bonds. The SMILES string of the molecule is O=C(COc1ccc(CN2CCOCC2)cc1Cl)N1CCc2nc3cc(C(F)(F)F)ccn3c2C1c1ccc(Cl)cc1F. The standard InChI is InChI=1S/C30H26Cl2F4N4O3/c31-20-2-3-21(23(33)15-20)28-29-24(37-26-14-19(30(34,35)36)5-7-39(26)29)6-8-40(28)27(41)17-43-25-4-1-18(13-22(25)32)16-38-9-11-42-12-10-38/h1-5,7,13-15,28H,6,8-12,16-17H2. The van der Waals surface area contributed by atoms with Gasteiger partial charge >= 0.3 is 6.18 Å². The average Bonchev–Trinajstić information content (AvgIpc) is 3.35. The molecule has 0 aliphatic carbocycles. The van der Waals surface area contributed by atoms with E-state index in [4.69, 9.17) is 32.7 Å². The number of alkyl halides is 3. The summed E-state index contributed by atoms with van der Waals surface area (Å²) in [6, 6.07) is 10.4. The van der Waals surface area contributed by atoms with Crippen LogP contribution in [-0.2, 0) is 28.7 Å². The predicted molar refractivity (Wildman–Crippen MR) is 152 cm³/mol. The van der Waals surface area contributed by atoms with Crippen molar-refractivity contribution in [3.05, 3.63) is 98.7 Å². The number of fused-ring (bicyclic) bond motifs is 3. The summed E-state index contributed by atoms with van der Waals surface area (Å²) in [6.45, 7) is 3.47. The van der Waals surface area contributed by atoms with E-state index in [1.807, 2.05) is 6.07 Å². The molecule has 13 heteroatoms. The van der Waals surface area contributed by atoms with Crippen molar-refractivity contribution in [3.63, 3.8) is 0 Å². The number of carbonyl (C=O) groups excluding carboxylic acids is 1. The Morgan fingerprint density at radius 2 is 1.84 bits per heavy atom. The summed E-state index contributed by atoms with van der Waals surface area (Å²) in [5, 5.41) is 0.514. The van der Waals surface area contributed by atoms with Crippen molar-refractivity contribution in [1.82, 2.24) is 19.2 Å². The van der Waals surface area contributed by atoms with Crippen molar-refractivity contribution in [1.29, 1.82) is 0 Å². The van der Waals surface area contributed by atoms with Gasteiger partial charge in [0.1, 0.15) is 23.3 Å². The molecule has 2 aromatic carbocycles. The number of pyridine rings is 1. The van der Waals surface area contributed by atoms with Crippen molar-refractivity contribution >= 4 is 34.8 Å². The maximum Gasteiger partial charge on any atom is 0.416 e. The van der Waals surface area contributed by atoms with Crippen LogP contribution in [0.25, 0.3) is 5.65 Å². The number of amides is 1. The molecule has 4 aromatic rings. The second-order valence-corrected chi connectivity index (χ2v) is 11.3. The lowest BCUT2D eigenvalue weighted by molar-refractivity contribution is -0.137. The third-order valence-electron chi connectivity index (χ3n) is 7.66. The number of rotatable bonds is 6. The van der Waals surface area contributed by atoms with Gasteiger partial charge in [0.25, 0.3) is 5.91 Å². The molecule has 6 rings (SSSR count). The molecule has 1 fully saturated rings. The first-order valence-electron chi connectivity index (χ1n) is 13.6. The molecule has 0 radical (unpaired) electrons. The summed E-state index contributed by atoms with van der Waals surface area (Å²) in [6.07, 6.45) is -3.06. The number of morpholine rings is 1. The number of hydrogen-bond acceptors (Lipinski definition) is 5. The molecule has 0 saturated carbocycles. The predicted octanol–water partition coefficient (Wildman–Crippen LogP) is 6.18. The Balaban J connectivity index is 1.27. The van der Waals surface area contributed by atoms with Crippen LogP contribution in [-0.4, -0.2) is 64.5 Å². The van der Waals surface area contributed by atoms with Crippen molar-refractivity contribution < 1.29 is 31.8 Å². The van der Waals surface area contributed by atoms with Gasteiger partial charge in [0, 0.05) is 49.4 Å². The van der Waals surface area contributed by atoms with Crippen LogP contribution in [0.1, 0.15) is 34.1 Å². The monoisotopic (exact) mass is 636 g/mol. The van der Waals surface area contributed by atoms with E-state index in [2.05, 4.69) is 9.88 Å². The fourth-order valence-electron chi connectivity index (χ4n) is 5.57. The van der Waals surface area contributed by atoms with Crippen molar-refractivity contribution in [2.45, 2.75) is 25.2 Å². The van der Waals surface area contributed by atoms with E-state index in [1.165, 1.54) is 27.6 Å². The van der Waals surface area contributed by atoms with Gasteiger partial charge in [-0.05, 0) is 42.0 Å². The highest BCUT2D eigenvalue weighted by Crippen LogP contribution is 2.39. The number of nitrogens with zero attached hydrogens (tertiary/aromatic N) is 4. The van der Waals surface area contributed by atoms with E-state index >= 15 is 4.39 Å². The van der Waals surface area contributed by atoms with Crippen LogP contribution < -0.4 is 4.74 Å². The highest BCUT2D eigenvalue weighted by Gasteiger charge is 2.38. The summed E-state index contributed by atoms with van der Waals surface area (Å²) in [7, 11) is 0. The molecule has 2 aliphatic heterocycles. The lowest BCUT2D eigenvalue weighted by atomic mass is 9.95. The minimum absolute atomic E-state index is 0.0497. The quantitative estimate of drug-likeness (QED) is 0.237. The Morgan fingerprint density at radius 1 is 1.05 bits per heavy atom. The molecule has 1 saturated heterocycles. The number of carbonyl (C=O) groups is 1. The van der Waals surface area contributed by atoms with Crippen LogP contribution in [0.4, 0.5) is 17.6 Å². The molecule has 2 aliphatic rings. The van der Waals surface area contributed by atoms with Crippen molar-refractivity contribution in [2.24, 2.45) is 0 Å². The minimum atomic E-state index is -4.56. The third-order valence-corrected chi connectivity index (χ3v) is 8.19. The zero-order valence-corrected chi connectivity index (χ0v) is 24.2. The second kappa shape index (κ2) is 12.0. The van der Waals surface area contributed by atoms with Crippen LogP contribution in [0, 0.1) is 5.82 Å². The van der Waals surface area contributed by atoms with E-state index in [0.717, 1.165) is 36.9 Å². The molecule has 0 bridgehead atoms. The highest BCUT2D eigenvalue weighted by molar-refractivity contribution is 6.32. The maximum atomic E-state index is 15.3. The Bertz CT molecular complexity index is 1670. The Hall–Kier alpha value is -3.38.